The molecule has 0 spiro atoms. The molecule has 5 heteroatoms. The fourth-order valence-corrected chi connectivity index (χ4v) is 3.51. The molecule has 0 bridgehead atoms. The maximum Gasteiger partial charge on any atom is 0.293 e. The van der Waals surface area contributed by atoms with Crippen molar-refractivity contribution in [3.8, 4) is 5.75 Å². The fourth-order valence-electron chi connectivity index (χ4n) is 2.65. The Morgan fingerprint density at radius 2 is 2.00 bits per heavy atom. The molecule has 0 aromatic heterocycles. The van der Waals surface area contributed by atoms with Crippen molar-refractivity contribution in [1.29, 1.82) is 0 Å². The quantitative estimate of drug-likeness (QED) is 0.682. The third kappa shape index (κ3) is 3.83. The SMILES string of the molecule is CCCCN1C(=O)S/C(=C\c2cc(C(C)C)c(OC)cc2C)C1=O. The van der Waals surface area contributed by atoms with Gasteiger partial charge in [0.1, 0.15) is 5.75 Å². The molecule has 2 amide bonds. The van der Waals surface area contributed by atoms with Gasteiger partial charge in [0.2, 0.25) is 0 Å². The molecule has 0 aliphatic carbocycles. The van der Waals surface area contributed by atoms with Gasteiger partial charge in [-0.15, -0.1) is 0 Å². The Kier molecular flexibility index (Phi) is 6.10. The van der Waals surface area contributed by atoms with Gasteiger partial charge in [-0.05, 0) is 65.9 Å². The largest absolute Gasteiger partial charge is 0.496 e. The second kappa shape index (κ2) is 7.88. The van der Waals surface area contributed by atoms with Gasteiger partial charge in [-0.3, -0.25) is 14.5 Å². The molecule has 0 atom stereocenters. The van der Waals surface area contributed by atoms with Gasteiger partial charge in [0.25, 0.3) is 11.1 Å². The van der Waals surface area contributed by atoms with Crippen LogP contribution in [-0.2, 0) is 4.79 Å². The number of amides is 2. The van der Waals surface area contributed by atoms with E-state index in [4.69, 9.17) is 4.74 Å². The molecule has 0 unspecified atom stereocenters. The molecule has 1 aromatic carbocycles. The smallest absolute Gasteiger partial charge is 0.293 e. The summed E-state index contributed by atoms with van der Waals surface area (Å²) in [5, 5.41) is -0.171. The lowest BCUT2D eigenvalue weighted by Gasteiger charge is -2.15. The molecule has 130 valence electrons. The molecule has 1 aliphatic rings. The van der Waals surface area contributed by atoms with E-state index < -0.39 is 0 Å². The van der Waals surface area contributed by atoms with E-state index in [1.165, 1.54) is 4.90 Å². The maximum absolute atomic E-state index is 12.5. The van der Waals surface area contributed by atoms with Crippen LogP contribution in [0.15, 0.2) is 17.0 Å². The summed E-state index contributed by atoms with van der Waals surface area (Å²) in [6.45, 7) is 8.74. The molecule has 0 saturated carbocycles. The number of imide groups is 1. The van der Waals surface area contributed by atoms with Gasteiger partial charge < -0.3 is 4.74 Å². The number of methoxy groups -OCH3 is 1. The van der Waals surface area contributed by atoms with Crippen LogP contribution in [0.2, 0.25) is 0 Å². The lowest BCUT2D eigenvalue weighted by molar-refractivity contribution is -0.122. The third-order valence-corrected chi connectivity index (χ3v) is 5.04. The van der Waals surface area contributed by atoms with Crippen molar-refractivity contribution in [3.63, 3.8) is 0 Å². The molecule has 0 N–H and O–H groups in total. The summed E-state index contributed by atoms with van der Waals surface area (Å²) >= 11 is 1.03. The predicted molar refractivity (Wildman–Crippen MR) is 99.4 cm³/mol. The van der Waals surface area contributed by atoms with Crippen LogP contribution in [0.25, 0.3) is 6.08 Å². The second-order valence-electron chi connectivity index (χ2n) is 6.29. The van der Waals surface area contributed by atoms with E-state index in [9.17, 15) is 9.59 Å². The number of carbonyl (C=O) groups is 2. The molecule has 1 fully saturated rings. The van der Waals surface area contributed by atoms with E-state index in [0.717, 1.165) is 47.0 Å². The van der Waals surface area contributed by atoms with Crippen molar-refractivity contribution >= 4 is 29.0 Å². The van der Waals surface area contributed by atoms with Crippen LogP contribution >= 0.6 is 11.8 Å². The summed E-state index contributed by atoms with van der Waals surface area (Å²) in [5.41, 5.74) is 3.08. The summed E-state index contributed by atoms with van der Waals surface area (Å²) < 4.78 is 5.46. The minimum absolute atomic E-state index is 0.171. The van der Waals surface area contributed by atoms with Crippen LogP contribution in [0.1, 0.15) is 56.2 Å². The number of aryl methyl sites for hydroxylation is 1. The van der Waals surface area contributed by atoms with E-state index in [1.54, 1.807) is 7.11 Å². The Labute approximate surface area is 148 Å². The number of hydrogen-bond donors (Lipinski definition) is 0. The lowest BCUT2D eigenvalue weighted by Crippen LogP contribution is -2.29. The van der Waals surface area contributed by atoms with E-state index in [1.807, 2.05) is 26.0 Å². The average Bonchev–Trinajstić information content (AvgIpc) is 2.80. The Bertz CT molecular complexity index is 679. The summed E-state index contributed by atoms with van der Waals surface area (Å²) in [4.78, 5) is 26.4. The summed E-state index contributed by atoms with van der Waals surface area (Å²) in [7, 11) is 1.67. The molecular weight excluding hydrogens is 322 g/mol. The topological polar surface area (TPSA) is 46.6 Å². The number of benzene rings is 1. The standard InChI is InChI=1S/C19H25NO3S/c1-6-7-8-20-18(21)17(24-19(20)22)11-14-10-15(12(2)3)16(23-5)9-13(14)4/h9-12H,6-8H2,1-5H3/b17-11-. The van der Waals surface area contributed by atoms with Crippen LogP contribution in [0.4, 0.5) is 4.79 Å². The second-order valence-corrected chi connectivity index (χ2v) is 7.29. The molecule has 1 aliphatic heterocycles. The number of unbranched alkanes of at least 4 members (excludes halogenated alkanes) is 1. The van der Waals surface area contributed by atoms with Crippen molar-refractivity contribution < 1.29 is 14.3 Å². The summed E-state index contributed by atoms with van der Waals surface area (Å²) in [5.74, 6) is 0.989. The third-order valence-electron chi connectivity index (χ3n) is 4.14. The molecule has 4 nitrogen and oxygen atoms in total. The zero-order valence-electron chi connectivity index (χ0n) is 15.0. The Morgan fingerprint density at radius 1 is 1.29 bits per heavy atom. The summed E-state index contributed by atoms with van der Waals surface area (Å²) in [6, 6.07) is 4.04. The maximum atomic E-state index is 12.5. The van der Waals surface area contributed by atoms with E-state index in [-0.39, 0.29) is 11.1 Å². The highest BCUT2D eigenvalue weighted by atomic mass is 32.2. The van der Waals surface area contributed by atoms with Gasteiger partial charge in [0.15, 0.2) is 0 Å². The van der Waals surface area contributed by atoms with Gasteiger partial charge in [0, 0.05) is 6.54 Å². The molecule has 0 radical (unpaired) electrons. The van der Waals surface area contributed by atoms with E-state index >= 15 is 0 Å². The highest BCUT2D eigenvalue weighted by Gasteiger charge is 2.34. The first kappa shape index (κ1) is 18.6. The average molecular weight is 347 g/mol. The van der Waals surface area contributed by atoms with E-state index in [0.29, 0.717) is 17.4 Å². The van der Waals surface area contributed by atoms with Crippen LogP contribution in [0, 0.1) is 6.92 Å². The first-order chi connectivity index (χ1) is 11.4. The highest BCUT2D eigenvalue weighted by molar-refractivity contribution is 8.18. The molecule has 1 saturated heterocycles. The highest BCUT2D eigenvalue weighted by Crippen LogP contribution is 2.35. The van der Waals surface area contributed by atoms with Crippen molar-refractivity contribution in [2.45, 2.75) is 46.5 Å². The Morgan fingerprint density at radius 3 is 2.58 bits per heavy atom. The van der Waals surface area contributed by atoms with Crippen molar-refractivity contribution in [3.05, 3.63) is 33.7 Å². The number of ether oxygens (including phenoxy) is 1. The van der Waals surface area contributed by atoms with Gasteiger partial charge in [-0.2, -0.15) is 0 Å². The molecule has 24 heavy (non-hydrogen) atoms. The molecule has 1 aromatic rings. The Balaban J connectivity index is 2.36. The van der Waals surface area contributed by atoms with Gasteiger partial charge in [-0.1, -0.05) is 27.2 Å². The normalized spacial score (nSPS) is 16.6. The number of nitrogens with zero attached hydrogens (tertiary/aromatic N) is 1. The monoisotopic (exact) mass is 347 g/mol. The molecule has 1 heterocycles. The van der Waals surface area contributed by atoms with E-state index in [2.05, 4.69) is 19.9 Å². The number of hydrogen-bond acceptors (Lipinski definition) is 4. The van der Waals surface area contributed by atoms with Gasteiger partial charge >= 0.3 is 0 Å². The minimum atomic E-state index is -0.181. The Hall–Kier alpha value is -1.75. The van der Waals surface area contributed by atoms with Gasteiger partial charge in [-0.25, -0.2) is 0 Å². The lowest BCUT2D eigenvalue weighted by atomic mass is 9.96. The first-order valence-electron chi connectivity index (χ1n) is 8.32. The van der Waals surface area contributed by atoms with Crippen LogP contribution < -0.4 is 4.74 Å². The number of rotatable bonds is 6. The van der Waals surface area contributed by atoms with Crippen molar-refractivity contribution in [1.82, 2.24) is 4.90 Å². The van der Waals surface area contributed by atoms with Crippen molar-refractivity contribution in [2.24, 2.45) is 0 Å². The zero-order valence-corrected chi connectivity index (χ0v) is 15.8. The fraction of sp³-hybridized carbons (Fsp3) is 0.474. The number of carbonyl (C=O) groups excluding carboxylic acids is 2. The first-order valence-corrected chi connectivity index (χ1v) is 9.14. The number of thioether (sulfide) groups is 1. The molecule has 2 rings (SSSR count). The summed E-state index contributed by atoms with van der Waals surface area (Å²) in [6.07, 6.45) is 3.62. The minimum Gasteiger partial charge on any atom is -0.496 e. The van der Waals surface area contributed by atoms with Crippen molar-refractivity contribution in [2.75, 3.05) is 13.7 Å². The predicted octanol–water partition coefficient (Wildman–Crippen LogP) is 4.96. The van der Waals surface area contributed by atoms with Gasteiger partial charge in [0.05, 0.1) is 12.0 Å². The molecular formula is C19H25NO3S. The van der Waals surface area contributed by atoms with Crippen LogP contribution in [-0.4, -0.2) is 29.7 Å². The zero-order chi connectivity index (χ0) is 17.9. The van der Waals surface area contributed by atoms with Crippen LogP contribution in [0.5, 0.6) is 5.75 Å². The van der Waals surface area contributed by atoms with Crippen LogP contribution in [0.3, 0.4) is 0 Å².